The Morgan fingerprint density at radius 2 is 2.13 bits per heavy atom. The maximum atomic E-state index is 11.2. The molecule has 0 saturated heterocycles. The Bertz CT molecular complexity index is 352. The maximum absolute atomic E-state index is 11.2. The highest BCUT2D eigenvalue weighted by atomic mass is 35.5. The summed E-state index contributed by atoms with van der Waals surface area (Å²) in [5.41, 5.74) is 1.61. The summed E-state index contributed by atoms with van der Waals surface area (Å²) in [6.45, 7) is 4.61. The molecule has 0 aliphatic carbocycles. The topological polar surface area (TPSA) is 41.1 Å². The van der Waals surface area contributed by atoms with Gasteiger partial charge in [-0.2, -0.15) is 0 Å². The lowest BCUT2D eigenvalue weighted by Gasteiger charge is -2.09. The molecule has 0 heterocycles. The largest absolute Gasteiger partial charge is 0.384 e. The van der Waals surface area contributed by atoms with Gasteiger partial charge in [0.1, 0.15) is 0 Å². The minimum atomic E-state index is -0.000212. The van der Waals surface area contributed by atoms with E-state index in [0.29, 0.717) is 11.4 Å². The number of carbonyl (C=O) groups is 1. The highest BCUT2D eigenvalue weighted by Gasteiger charge is 2.03. The van der Waals surface area contributed by atoms with Crippen molar-refractivity contribution in [3.8, 4) is 0 Å². The third-order valence-corrected chi connectivity index (χ3v) is 2.27. The van der Waals surface area contributed by atoms with Gasteiger partial charge in [0.25, 0.3) is 0 Å². The van der Waals surface area contributed by atoms with Crippen LogP contribution in [0.5, 0.6) is 0 Å². The molecule has 1 rings (SSSR count). The molecule has 1 amide bonds. The molecule has 1 aromatic rings. The Hall–Kier alpha value is -1.22. The lowest BCUT2D eigenvalue weighted by Crippen LogP contribution is -2.09. The number of nitrogens with one attached hydrogen (secondary N) is 2. The fourth-order valence-electron chi connectivity index (χ4n) is 1.18. The molecule has 1 aromatic carbocycles. The Morgan fingerprint density at radius 1 is 1.40 bits per heavy atom. The molecule has 0 spiro atoms. The summed E-state index contributed by atoms with van der Waals surface area (Å²) in [6, 6.07) is 5.39. The van der Waals surface area contributed by atoms with Crippen LogP contribution in [0.25, 0.3) is 0 Å². The number of hydrogen-bond donors (Lipinski definition) is 2. The second kappa shape index (κ2) is 5.61. The van der Waals surface area contributed by atoms with Crippen LogP contribution in [-0.2, 0) is 4.79 Å². The van der Waals surface area contributed by atoms with Gasteiger partial charge in [0, 0.05) is 18.7 Å². The summed E-state index contributed by atoms with van der Waals surface area (Å²) in [5.74, 6) is -0.000212. The molecule has 4 heteroatoms. The molecule has 0 bridgehead atoms. The average molecular weight is 227 g/mol. The summed E-state index contributed by atoms with van der Waals surface area (Å²) in [5, 5.41) is 6.56. The monoisotopic (exact) mass is 226 g/mol. The van der Waals surface area contributed by atoms with Gasteiger partial charge in [0.15, 0.2) is 0 Å². The van der Waals surface area contributed by atoms with Crippen LogP contribution in [-0.4, -0.2) is 12.5 Å². The van der Waals surface area contributed by atoms with Crippen LogP contribution in [0.2, 0.25) is 5.02 Å². The minimum absolute atomic E-state index is 0.000212. The number of hydrogen-bond acceptors (Lipinski definition) is 2. The smallest absolute Gasteiger partial charge is 0.224 e. The molecule has 0 aliphatic heterocycles. The molecule has 15 heavy (non-hydrogen) atoms. The number of carbonyl (C=O) groups excluding carboxylic acids is 1. The maximum Gasteiger partial charge on any atom is 0.224 e. The molecular formula is C11H15ClN2O. The van der Waals surface area contributed by atoms with E-state index < -0.39 is 0 Å². The van der Waals surface area contributed by atoms with E-state index in [4.69, 9.17) is 11.6 Å². The van der Waals surface area contributed by atoms with E-state index in [2.05, 4.69) is 10.6 Å². The van der Waals surface area contributed by atoms with Gasteiger partial charge in [-0.15, -0.1) is 0 Å². The van der Waals surface area contributed by atoms with E-state index in [9.17, 15) is 4.79 Å². The van der Waals surface area contributed by atoms with Gasteiger partial charge in [-0.1, -0.05) is 18.5 Å². The van der Waals surface area contributed by atoms with Crippen molar-refractivity contribution in [1.82, 2.24) is 0 Å². The molecule has 82 valence electrons. The lowest BCUT2D eigenvalue weighted by molar-refractivity contribution is -0.115. The average Bonchev–Trinajstić information content (AvgIpc) is 2.23. The summed E-state index contributed by atoms with van der Waals surface area (Å²) >= 11 is 5.97. The third kappa shape index (κ3) is 3.44. The van der Waals surface area contributed by atoms with Crippen LogP contribution in [0.1, 0.15) is 20.3 Å². The second-order valence-corrected chi connectivity index (χ2v) is 3.53. The fourth-order valence-corrected chi connectivity index (χ4v) is 1.36. The summed E-state index contributed by atoms with van der Waals surface area (Å²) in [4.78, 5) is 11.2. The first-order chi connectivity index (χ1) is 7.17. The van der Waals surface area contributed by atoms with E-state index in [1.54, 1.807) is 12.1 Å². The van der Waals surface area contributed by atoms with E-state index in [1.165, 1.54) is 0 Å². The van der Waals surface area contributed by atoms with Gasteiger partial charge in [-0.05, 0) is 25.1 Å². The summed E-state index contributed by atoms with van der Waals surface area (Å²) in [6.07, 6.45) is 0.471. The predicted molar refractivity (Wildman–Crippen MR) is 64.5 cm³/mol. The predicted octanol–water partition coefficient (Wildman–Crippen LogP) is 3.12. The van der Waals surface area contributed by atoms with Crippen LogP contribution in [0, 0.1) is 0 Å². The zero-order valence-corrected chi connectivity index (χ0v) is 9.69. The van der Waals surface area contributed by atoms with E-state index in [0.717, 1.165) is 17.9 Å². The zero-order chi connectivity index (χ0) is 11.3. The van der Waals surface area contributed by atoms with Crippen molar-refractivity contribution in [2.45, 2.75) is 20.3 Å². The first-order valence-corrected chi connectivity index (χ1v) is 5.38. The van der Waals surface area contributed by atoms with Crippen molar-refractivity contribution in [2.24, 2.45) is 0 Å². The molecule has 0 fully saturated rings. The van der Waals surface area contributed by atoms with E-state index >= 15 is 0 Å². The van der Waals surface area contributed by atoms with E-state index in [-0.39, 0.29) is 5.91 Å². The van der Waals surface area contributed by atoms with Crippen LogP contribution < -0.4 is 10.6 Å². The van der Waals surface area contributed by atoms with Crippen molar-refractivity contribution < 1.29 is 4.79 Å². The fraction of sp³-hybridized carbons (Fsp3) is 0.364. The number of anilines is 2. The van der Waals surface area contributed by atoms with Crippen molar-refractivity contribution >= 4 is 28.9 Å². The van der Waals surface area contributed by atoms with E-state index in [1.807, 2.05) is 19.9 Å². The van der Waals surface area contributed by atoms with Gasteiger partial charge >= 0.3 is 0 Å². The normalized spacial score (nSPS) is 9.80. The van der Waals surface area contributed by atoms with Crippen LogP contribution in [0.15, 0.2) is 18.2 Å². The van der Waals surface area contributed by atoms with Crippen molar-refractivity contribution in [1.29, 1.82) is 0 Å². The molecular weight excluding hydrogens is 212 g/mol. The Balaban J connectivity index is 2.82. The molecule has 0 aromatic heterocycles. The Labute approximate surface area is 94.8 Å². The molecule has 0 atom stereocenters. The quantitative estimate of drug-likeness (QED) is 0.828. The molecule has 0 radical (unpaired) electrons. The van der Waals surface area contributed by atoms with Gasteiger partial charge in [0.2, 0.25) is 5.91 Å². The van der Waals surface area contributed by atoms with Gasteiger partial charge in [-0.25, -0.2) is 0 Å². The van der Waals surface area contributed by atoms with Crippen molar-refractivity contribution in [3.05, 3.63) is 23.2 Å². The van der Waals surface area contributed by atoms with Crippen LogP contribution >= 0.6 is 11.6 Å². The van der Waals surface area contributed by atoms with Crippen LogP contribution in [0.4, 0.5) is 11.4 Å². The molecule has 0 unspecified atom stereocenters. The minimum Gasteiger partial charge on any atom is -0.384 e. The van der Waals surface area contributed by atoms with Gasteiger partial charge in [-0.3, -0.25) is 4.79 Å². The second-order valence-electron chi connectivity index (χ2n) is 3.13. The standard InChI is InChI=1S/C11H15ClN2O/c1-3-11(15)14-8-5-6-9(12)10(7-8)13-4-2/h5-7,13H,3-4H2,1-2H3,(H,14,15). The summed E-state index contributed by atoms with van der Waals surface area (Å²) < 4.78 is 0. The van der Waals surface area contributed by atoms with Crippen molar-refractivity contribution in [2.75, 3.05) is 17.2 Å². The molecule has 0 aliphatic rings. The number of halogens is 1. The first kappa shape index (κ1) is 11.9. The van der Waals surface area contributed by atoms with Crippen LogP contribution in [0.3, 0.4) is 0 Å². The van der Waals surface area contributed by atoms with Gasteiger partial charge in [0.05, 0.1) is 10.7 Å². The Morgan fingerprint density at radius 3 is 2.73 bits per heavy atom. The number of benzene rings is 1. The first-order valence-electron chi connectivity index (χ1n) is 5.00. The Kier molecular flexibility index (Phi) is 4.43. The zero-order valence-electron chi connectivity index (χ0n) is 8.93. The number of rotatable bonds is 4. The summed E-state index contributed by atoms with van der Waals surface area (Å²) in [7, 11) is 0. The third-order valence-electron chi connectivity index (χ3n) is 1.94. The lowest BCUT2D eigenvalue weighted by atomic mass is 10.2. The van der Waals surface area contributed by atoms with Crippen molar-refractivity contribution in [3.63, 3.8) is 0 Å². The molecule has 3 nitrogen and oxygen atoms in total. The number of amides is 1. The van der Waals surface area contributed by atoms with Gasteiger partial charge < -0.3 is 10.6 Å². The molecule has 0 saturated carbocycles. The molecule has 2 N–H and O–H groups in total. The highest BCUT2D eigenvalue weighted by Crippen LogP contribution is 2.25. The highest BCUT2D eigenvalue weighted by molar-refractivity contribution is 6.33. The SMILES string of the molecule is CCNc1cc(NC(=O)CC)ccc1Cl.